The van der Waals surface area contributed by atoms with Crippen LogP contribution in [-0.4, -0.2) is 23.1 Å². The van der Waals surface area contributed by atoms with Crippen molar-refractivity contribution in [3.8, 4) is 0 Å². The summed E-state index contributed by atoms with van der Waals surface area (Å²) in [4.78, 5) is 12.0. The molecule has 110 valence electrons. The van der Waals surface area contributed by atoms with E-state index in [4.69, 9.17) is 17.3 Å². The lowest BCUT2D eigenvalue weighted by Crippen LogP contribution is -2.31. The SMILES string of the molecule is Nc1c(Sc2ccc(Cl)cc2)ncnc1N1CCCCC1. The number of benzene rings is 1. The Hall–Kier alpha value is -1.46. The van der Waals surface area contributed by atoms with Crippen molar-refractivity contribution in [1.82, 2.24) is 9.97 Å². The van der Waals surface area contributed by atoms with Crippen molar-refractivity contribution < 1.29 is 0 Å². The van der Waals surface area contributed by atoms with Gasteiger partial charge in [-0.3, -0.25) is 0 Å². The smallest absolute Gasteiger partial charge is 0.156 e. The van der Waals surface area contributed by atoms with Gasteiger partial charge in [-0.15, -0.1) is 0 Å². The van der Waals surface area contributed by atoms with Gasteiger partial charge in [0.15, 0.2) is 5.82 Å². The summed E-state index contributed by atoms with van der Waals surface area (Å²) < 4.78 is 0. The lowest BCUT2D eigenvalue weighted by molar-refractivity contribution is 0.573. The standard InChI is InChI=1S/C15H17ClN4S/c16-11-4-6-12(7-5-11)21-15-13(17)14(18-10-19-15)20-8-2-1-3-9-20/h4-7,10H,1-3,8-9,17H2. The maximum atomic E-state index is 6.28. The Kier molecular flexibility index (Phi) is 4.51. The van der Waals surface area contributed by atoms with Gasteiger partial charge in [-0.2, -0.15) is 0 Å². The highest BCUT2D eigenvalue weighted by molar-refractivity contribution is 7.99. The number of anilines is 2. The Labute approximate surface area is 133 Å². The third-order valence-corrected chi connectivity index (χ3v) is 4.79. The highest BCUT2D eigenvalue weighted by Gasteiger charge is 2.17. The number of nitrogens with zero attached hydrogens (tertiary/aromatic N) is 3. The number of aromatic nitrogens is 2. The van der Waals surface area contributed by atoms with E-state index in [0.29, 0.717) is 5.69 Å². The highest BCUT2D eigenvalue weighted by Crippen LogP contribution is 2.35. The Morgan fingerprint density at radius 2 is 1.76 bits per heavy atom. The van der Waals surface area contributed by atoms with Gasteiger partial charge in [-0.1, -0.05) is 23.4 Å². The number of piperidine rings is 1. The second kappa shape index (κ2) is 6.54. The fourth-order valence-corrected chi connectivity index (χ4v) is 3.35. The normalized spacial score (nSPS) is 15.2. The van der Waals surface area contributed by atoms with Crippen molar-refractivity contribution in [3.05, 3.63) is 35.6 Å². The molecule has 1 aromatic carbocycles. The number of halogens is 1. The fourth-order valence-electron chi connectivity index (χ4n) is 2.42. The van der Waals surface area contributed by atoms with E-state index >= 15 is 0 Å². The van der Waals surface area contributed by atoms with Gasteiger partial charge in [0.1, 0.15) is 17.0 Å². The molecule has 3 rings (SSSR count). The molecule has 0 aliphatic carbocycles. The summed E-state index contributed by atoms with van der Waals surface area (Å²) >= 11 is 7.45. The van der Waals surface area contributed by atoms with Crippen LogP contribution in [0.5, 0.6) is 0 Å². The van der Waals surface area contributed by atoms with Crippen LogP contribution in [0.3, 0.4) is 0 Å². The van der Waals surface area contributed by atoms with Gasteiger partial charge in [0.25, 0.3) is 0 Å². The van der Waals surface area contributed by atoms with E-state index in [1.165, 1.54) is 31.0 Å². The zero-order valence-corrected chi connectivity index (χ0v) is 13.2. The van der Waals surface area contributed by atoms with E-state index in [1.807, 2.05) is 24.3 Å². The van der Waals surface area contributed by atoms with Crippen molar-refractivity contribution in [3.63, 3.8) is 0 Å². The molecule has 0 bridgehead atoms. The molecule has 0 spiro atoms. The molecule has 2 aromatic rings. The number of rotatable bonds is 3. The third-order valence-electron chi connectivity index (χ3n) is 3.51. The first-order valence-corrected chi connectivity index (χ1v) is 8.22. The van der Waals surface area contributed by atoms with Gasteiger partial charge in [0, 0.05) is 23.0 Å². The summed E-state index contributed by atoms with van der Waals surface area (Å²) in [5.41, 5.74) is 6.94. The predicted molar refractivity (Wildman–Crippen MR) is 88.1 cm³/mol. The van der Waals surface area contributed by atoms with Crippen LogP contribution in [0.15, 0.2) is 40.5 Å². The molecule has 2 heterocycles. The molecule has 1 saturated heterocycles. The molecule has 1 aromatic heterocycles. The molecule has 0 saturated carbocycles. The van der Waals surface area contributed by atoms with Crippen LogP contribution in [-0.2, 0) is 0 Å². The van der Waals surface area contributed by atoms with E-state index in [-0.39, 0.29) is 0 Å². The minimum absolute atomic E-state index is 0.666. The molecule has 1 aliphatic rings. The van der Waals surface area contributed by atoms with Gasteiger partial charge in [-0.05, 0) is 43.5 Å². The van der Waals surface area contributed by atoms with Crippen molar-refractivity contribution >= 4 is 34.9 Å². The summed E-state index contributed by atoms with van der Waals surface area (Å²) in [7, 11) is 0. The van der Waals surface area contributed by atoms with E-state index in [0.717, 1.165) is 33.9 Å². The van der Waals surface area contributed by atoms with Gasteiger partial charge in [-0.25, -0.2) is 9.97 Å². The number of nitrogen functional groups attached to an aromatic ring is 1. The first-order chi connectivity index (χ1) is 10.2. The van der Waals surface area contributed by atoms with Crippen LogP contribution in [0.1, 0.15) is 19.3 Å². The minimum atomic E-state index is 0.666. The van der Waals surface area contributed by atoms with Crippen molar-refractivity contribution in [1.29, 1.82) is 0 Å². The average Bonchev–Trinajstić information content (AvgIpc) is 2.52. The van der Waals surface area contributed by atoms with Crippen LogP contribution >= 0.6 is 23.4 Å². The summed E-state index contributed by atoms with van der Waals surface area (Å²) in [6.45, 7) is 2.04. The lowest BCUT2D eigenvalue weighted by Gasteiger charge is -2.28. The van der Waals surface area contributed by atoms with Crippen LogP contribution in [0.2, 0.25) is 5.02 Å². The second-order valence-corrected chi connectivity index (χ2v) is 6.52. The fraction of sp³-hybridized carbons (Fsp3) is 0.333. The quantitative estimate of drug-likeness (QED) is 0.870. The summed E-state index contributed by atoms with van der Waals surface area (Å²) in [5.74, 6) is 0.862. The number of nitrogens with two attached hydrogens (primary N) is 1. The number of hydrogen-bond acceptors (Lipinski definition) is 5. The first-order valence-electron chi connectivity index (χ1n) is 7.03. The topological polar surface area (TPSA) is 55.0 Å². The molecule has 1 aliphatic heterocycles. The minimum Gasteiger partial charge on any atom is -0.394 e. The molecule has 0 amide bonds. The monoisotopic (exact) mass is 320 g/mol. The predicted octanol–water partition coefficient (Wildman–Crippen LogP) is 3.85. The molecule has 2 N–H and O–H groups in total. The average molecular weight is 321 g/mol. The summed E-state index contributed by atoms with van der Waals surface area (Å²) in [6.07, 6.45) is 5.28. The molecular formula is C15H17ClN4S. The van der Waals surface area contributed by atoms with E-state index < -0.39 is 0 Å². The van der Waals surface area contributed by atoms with Gasteiger partial charge in [0.2, 0.25) is 0 Å². The molecular weight excluding hydrogens is 304 g/mol. The van der Waals surface area contributed by atoms with Crippen LogP contribution < -0.4 is 10.6 Å². The van der Waals surface area contributed by atoms with E-state index in [2.05, 4.69) is 14.9 Å². The molecule has 21 heavy (non-hydrogen) atoms. The molecule has 4 nitrogen and oxygen atoms in total. The number of hydrogen-bond donors (Lipinski definition) is 1. The Balaban J connectivity index is 1.84. The van der Waals surface area contributed by atoms with Gasteiger partial charge < -0.3 is 10.6 Å². The molecule has 6 heteroatoms. The maximum Gasteiger partial charge on any atom is 0.156 e. The first kappa shape index (κ1) is 14.5. The highest BCUT2D eigenvalue weighted by atomic mass is 35.5. The van der Waals surface area contributed by atoms with E-state index in [9.17, 15) is 0 Å². The largest absolute Gasteiger partial charge is 0.394 e. The van der Waals surface area contributed by atoms with Crippen molar-refractivity contribution in [2.24, 2.45) is 0 Å². The molecule has 0 unspecified atom stereocenters. The summed E-state index contributed by atoms with van der Waals surface area (Å²) in [5, 5.41) is 1.52. The zero-order valence-electron chi connectivity index (χ0n) is 11.6. The van der Waals surface area contributed by atoms with Crippen LogP contribution in [0.25, 0.3) is 0 Å². The molecule has 0 radical (unpaired) electrons. The van der Waals surface area contributed by atoms with Crippen LogP contribution in [0, 0.1) is 0 Å². The maximum absolute atomic E-state index is 6.28. The zero-order chi connectivity index (χ0) is 14.7. The molecule has 1 fully saturated rings. The van der Waals surface area contributed by atoms with Gasteiger partial charge >= 0.3 is 0 Å². The Morgan fingerprint density at radius 1 is 1.05 bits per heavy atom. The van der Waals surface area contributed by atoms with Crippen LogP contribution in [0.4, 0.5) is 11.5 Å². The second-order valence-electron chi connectivity index (χ2n) is 5.02. The third kappa shape index (κ3) is 3.41. The molecule has 0 atom stereocenters. The Bertz CT molecular complexity index is 612. The van der Waals surface area contributed by atoms with E-state index in [1.54, 1.807) is 6.33 Å². The Morgan fingerprint density at radius 3 is 2.48 bits per heavy atom. The van der Waals surface area contributed by atoms with Crippen molar-refractivity contribution in [2.45, 2.75) is 29.2 Å². The summed E-state index contributed by atoms with van der Waals surface area (Å²) in [6, 6.07) is 7.67. The van der Waals surface area contributed by atoms with Crippen molar-refractivity contribution in [2.75, 3.05) is 23.7 Å². The lowest BCUT2D eigenvalue weighted by atomic mass is 10.1. The van der Waals surface area contributed by atoms with Gasteiger partial charge in [0.05, 0.1) is 0 Å².